The Bertz CT molecular complexity index is 194. The summed E-state index contributed by atoms with van der Waals surface area (Å²) in [6, 6.07) is 2.06. The highest BCUT2D eigenvalue weighted by Crippen LogP contribution is 2.20. The minimum absolute atomic E-state index is 0.364. The van der Waals surface area contributed by atoms with Gasteiger partial charge >= 0.3 is 0 Å². The Balaban J connectivity index is 2.36. The zero-order valence-corrected chi connectivity index (χ0v) is 7.99. The van der Waals surface area contributed by atoms with E-state index >= 15 is 0 Å². The fourth-order valence-electron chi connectivity index (χ4n) is 1.59. The van der Waals surface area contributed by atoms with E-state index in [2.05, 4.69) is 6.07 Å². The zero-order valence-electron chi connectivity index (χ0n) is 7.99. The van der Waals surface area contributed by atoms with Crippen LogP contribution in [0.15, 0.2) is 0 Å². The second kappa shape index (κ2) is 4.56. The van der Waals surface area contributed by atoms with Crippen molar-refractivity contribution in [1.29, 1.82) is 5.26 Å². The Morgan fingerprint density at radius 2 is 2.15 bits per heavy atom. The topological polar surface area (TPSA) is 56.5 Å². The SMILES string of the molecule is CN(CC#N)CC1(O)CCOCC1. The molecule has 0 spiro atoms. The quantitative estimate of drug-likeness (QED) is 0.626. The van der Waals surface area contributed by atoms with Crippen LogP contribution in [0.25, 0.3) is 0 Å². The number of nitriles is 1. The predicted molar refractivity (Wildman–Crippen MR) is 48.1 cm³/mol. The highest BCUT2D eigenvalue weighted by molar-refractivity contribution is 4.86. The van der Waals surface area contributed by atoms with Crippen LogP contribution >= 0.6 is 0 Å². The van der Waals surface area contributed by atoms with Crippen molar-refractivity contribution in [3.8, 4) is 6.07 Å². The molecule has 1 saturated heterocycles. The van der Waals surface area contributed by atoms with Crippen molar-refractivity contribution < 1.29 is 9.84 Å². The molecule has 1 rings (SSSR count). The first-order valence-electron chi connectivity index (χ1n) is 4.52. The molecular formula is C9H16N2O2. The van der Waals surface area contributed by atoms with Crippen LogP contribution in [-0.4, -0.2) is 49.0 Å². The van der Waals surface area contributed by atoms with Crippen LogP contribution in [-0.2, 0) is 4.74 Å². The lowest BCUT2D eigenvalue weighted by Gasteiger charge is -2.34. The van der Waals surface area contributed by atoms with Crippen molar-refractivity contribution in [2.75, 3.05) is 33.4 Å². The van der Waals surface area contributed by atoms with E-state index in [1.807, 2.05) is 11.9 Å². The fraction of sp³-hybridized carbons (Fsp3) is 0.889. The number of hydrogen-bond donors (Lipinski definition) is 1. The van der Waals surface area contributed by atoms with Crippen LogP contribution in [0.1, 0.15) is 12.8 Å². The lowest BCUT2D eigenvalue weighted by atomic mass is 9.94. The van der Waals surface area contributed by atoms with E-state index in [0.717, 1.165) is 0 Å². The van der Waals surface area contributed by atoms with Crippen LogP contribution in [0.3, 0.4) is 0 Å². The number of rotatable bonds is 3. The minimum Gasteiger partial charge on any atom is -0.388 e. The molecule has 1 aliphatic rings. The smallest absolute Gasteiger partial charge is 0.0864 e. The monoisotopic (exact) mass is 184 g/mol. The average Bonchev–Trinajstić information content (AvgIpc) is 2.04. The van der Waals surface area contributed by atoms with Gasteiger partial charge in [0, 0.05) is 32.6 Å². The summed E-state index contributed by atoms with van der Waals surface area (Å²) >= 11 is 0. The van der Waals surface area contributed by atoms with Gasteiger partial charge in [-0.05, 0) is 7.05 Å². The Morgan fingerprint density at radius 3 is 2.69 bits per heavy atom. The molecule has 0 amide bonds. The summed E-state index contributed by atoms with van der Waals surface area (Å²) < 4.78 is 5.16. The van der Waals surface area contributed by atoms with E-state index in [0.29, 0.717) is 39.1 Å². The summed E-state index contributed by atoms with van der Waals surface area (Å²) in [4.78, 5) is 1.84. The highest BCUT2D eigenvalue weighted by Gasteiger charge is 2.30. The minimum atomic E-state index is -0.649. The average molecular weight is 184 g/mol. The maximum atomic E-state index is 10.0. The van der Waals surface area contributed by atoms with Crippen molar-refractivity contribution in [3.63, 3.8) is 0 Å². The molecule has 0 aromatic heterocycles. The van der Waals surface area contributed by atoms with Crippen molar-refractivity contribution in [2.45, 2.75) is 18.4 Å². The molecule has 1 fully saturated rings. The molecule has 0 unspecified atom stereocenters. The Labute approximate surface area is 78.7 Å². The van der Waals surface area contributed by atoms with E-state index in [1.165, 1.54) is 0 Å². The second-order valence-electron chi connectivity index (χ2n) is 3.67. The second-order valence-corrected chi connectivity index (χ2v) is 3.67. The molecular weight excluding hydrogens is 168 g/mol. The summed E-state index contributed by atoms with van der Waals surface area (Å²) in [6.45, 7) is 2.17. The first-order valence-corrected chi connectivity index (χ1v) is 4.52. The van der Waals surface area contributed by atoms with Gasteiger partial charge in [0.25, 0.3) is 0 Å². The Morgan fingerprint density at radius 1 is 1.54 bits per heavy atom. The molecule has 74 valence electrons. The van der Waals surface area contributed by atoms with Gasteiger partial charge in [-0.2, -0.15) is 5.26 Å². The maximum Gasteiger partial charge on any atom is 0.0864 e. The molecule has 1 aliphatic heterocycles. The van der Waals surface area contributed by atoms with Gasteiger partial charge in [0.05, 0.1) is 18.2 Å². The molecule has 4 nitrogen and oxygen atoms in total. The van der Waals surface area contributed by atoms with E-state index in [9.17, 15) is 5.11 Å². The van der Waals surface area contributed by atoms with E-state index < -0.39 is 5.60 Å². The van der Waals surface area contributed by atoms with Crippen LogP contribution in [0.5, 0.6) is 0 Å². The summed E-state index contributed by atoms with van der Waals surface area (Å²) in [7, 11) is 1.84. The summed E-state index contributed by atoms with van der Waals surface area (Å²) in [5.74, 6) is 0. The van der Waals surface area contributed by atoms with Crippen molar-refractivity contribution in [2.24, 2.45) is 0 Å². The third-order valence-electron chi connectivity index (χ3n) is 2.33. The summed E-state index contributed by atoms with van der Waals surface area (Å²) in [6.07, 6.45) is 1.34. The third kappa shape index (κ3) is 3.31. The number of likely N-dealkylation sites (N-methyl/N-ethyl adjacent to an activating group) is 1. The maximum absolute atomic E-state index is 10.0. The van der Waals surface area contributed by atoms with Gasteiger partial charge in [-0.25, -0.2) is 0 Å². The van der Waals surface area contributed by atoms with E-state index in [1.54, 1.807) is 0 Å². The Kier molecular flexibility index (Phi) is 3.67. The fourth-order valence-corrected chi connectivity index (χ4v) is 1.59. The molecule has 1 heterocycles. The number of hydrogen-bond acceptors (Lipinski definition) is 4. The van der Waals surface area contributed by atoms with Crippen LogP contribution in [0.4, 0.5) is 0 Å². The largest absolute Gasteiger partial charge is 0.388 e. The van der Waals surface area contributed by atoms with Gasteiger partial charge in [-0.1, -0.05) is 0 Å². The van der Waals surface area contributed by atoms with Crippen LogP contribution in [0, 0.1) is 11.3 Å². The first-order chi connectivity index (χ1) is 6.16. The van der Waals surface area contributed by atoms with Crippen molar-refractivity contribution in [1.82, 2.24) is 4.90 Å². The van der Waals surface area contributed by atoms with E-state index in [-0.39, 0.29) is 0 Å². The lowest BCUT2D eigenvalue weighted by molar-refractivity contribution is -0.0755. The summed E-state index contributed by atoms with van der Waals surface area (Å²) in [5, 5.41) is 18.5. The molecule has 1 N–H and O–H groups in total. The highest BCUT2D eigenvalue weighted by atomic mass is 16.5. The van der Waals surface area contributed by atoms with Gasteiger partial charge < -0.3 is 9.84 Å². The molecule has 0 aromatic rings. The van der Waals surface area contributed by atoms with Gasteiger partial charge in [-0.15, -0.1) is 0 Å². The molecule has 0 radical (unpaired) electrons. The summed E-state index contributed by atoms with van der Waals surface area (Å²) in [5.41, 5.74) is -0.649. The van der Waals surface area contributed by atoms with Gasteiger partial charge in [0.2, 0.25) is 0 Å². The molecule has 0 aliphatic carbocycles. The normalized spacial score (nSPS) is 21.4. The predicted octanol–water partition coefficient (Wildman–Crippen LogP) is -0.0167. The molecule has 0 atom stereocenters. The van der Waals surface area contributed by atoms with Crippen LogP contribution in [0.2, 0.25) is 0 Å². The Hall–Kier alpha value is -0.630. The number of aliphatic hydroxyl groups is 1. The van der Waals surface area contributed by atoms with Gasteiger partial charge in [-0.3, -0.25) is 4.90 Å². The first kappa shape index (κ1) is 10.5. The molecule has 0 saturated carbocycles. The molecule has 4 heteroatoms. The lowest BCUT2D eigenvalue weighted by Crippen LogP contribution is -2.45. The molecule has 13 heavy (non-hydrogen) atoms. The number of ether oxygens (including phenoxy) is 1. The van der Waals surface area contributed by atoms with E-state index in [4.69, 9.17) is 10.00 Å². The van der Waals surface area contributed by atoms with Crippen LogP contribution < -0.4 is 0 Å². The van der Waals surface area contributed by atoms with Crippen molar-refractivity contribution in [3.05, 3.63) is 0 Å². The van der Waals surface area contributed by atoms with Gasteiger partial charge in [0.15, 0.2) is 0 Å². The third-order valence-corrected chi connectivity index (χ3v) is 2.33. The number of nitrogens with zero attached hydrogens (tertiary/aromatic N) is 2. The molecule has 0 aromatic carbocycles. The standard InChI is InChI=1S/C9H16N2O2/c1-11(5-4-10)8-9(12)2-6-13-7-3-9/h12H,2-3,5-8H2,1H3. The zero-order chi connectivity index (χ0) is 9.73. The van der Waals surface area contributed by atoms with Crippen molar-refractivity contribution >= 4 is 0 Å². The van der Waals surface area contributed by atoms with Gasteiger partial charge in [0.1, 0.15) is 0 Å². The molecule has 0 bridgehead atoms.